The molecule has 28 heavy (non-hydrogen) atoms. The van der Waals surface area contributed by atoms with Crippen LogP contribution in [-0.2, 0) is 16.5 Å². The van der Waals surface area contributed by atoms with Crippen LogP contribution in [0.2, 0.25) is 0 Å². The number of carbonyl (C=O) groups is 1. The smallest absolute Gasteiger partial charge is 0.332 e. The molecule has 154 valence electrons. The van der Waals surface area contributed by atoms with Crippen LogP contribution >= 0.6 is 0 Å². The third-order valence-corrected chi connectivity index (χ3v) is 5.49. The Bertz CT molecular complexity index is 907. The minimum absolute atomic E-state index is 0.0653. The molecule has 0 aliphatic carbocycles. The topological polar surface area (TPSA) is 120 Å². The zero-order chi connectivity index (χ0) is 21.1. The molecule has 0 saturated carbocycles. The normalized spacial score (nSPS) is 14.7. The molecule has 0 aliphatic rings. The second-order valence-electron chi connectivity index (χ2n) is 7.46. The first kappa shape index (κ1) is 21.9. The van der Waals surface area contributed by atoms with Crippen LogP contribution < -0.4 is 10.0 Å². The molecule has 2 amide bonds. The lowest BCUT2D eigenvalue weighted by atomic mass is 9.93. The number of hydrogen-bond acceptors (Lipinski definition) is 5. The van der Waals surface area contributed by atoms with Gasteiger partial charge >= 0.3 is 6.03 Å². The highest BCUT2D eigenvalue weighted by Gasteiger charge is 2.20. The molecule has 0 bridgehead atoms. The van der Waals surface area contributed by atoms with Crippen molar-refractivity contribution in [1.29, 1.82) is 4.78 Å². The zero-order valence-corrected chi connectivity index (χ0v) is 17.7. The van der Waals surface area contributed by atoms with E-state index in [2.05, 4.69) is 15.1 Å². The first-order chi connectivity index (χ1) is 13.0. The van der Waals surface area contributed by atoms with Crippen LogP contribution in [0, 0.1) is 4.78 Å². The average molecular weight is 408 g/mol. The van der Waals surface area contributed by atoms with Crippen molar-refractivity contribution >= 4 is 21.6 Å². The summed E-state index contributed by atoms with van der Waals surface area (Å²) in [6.07, 6.45) is 0.883. The molecule has 0 saturated heterocycles. The number of hydrogen-bond donors (Lipinski definition) is 4. The molecule has 4 N–H and O–H groups in total. The summed E-state index contributed by atoms with van der Waals surface area (Å²) >= 11 is 0. The van der Waals surface area contributed by atoms with Gasteiger partial charge < -0.3 is 10.4 Å². The number of aromatic nitrogens is 2. The maximum absolute atomic E-state index is 12.7. The van der Waals surface area contributed by atoms with E-state index < -0.39 is 22.1 Å². The summed E-state index contributed by atoms with van der Waals surface area (Å²) in [6, 6.07) is 6.53. The van der Waals surface area contributed by atoms with E-state index >= 15 is 0 Å². The number of nitrogens with zero attached hydrogens (tertiary/aromatic N) is 2. The quantitative estimate of drug-likeness (QED) is 0.560. The molecular formula is C19H29N5O3S. The lowest BCUT2D eigenvalue weighted by Crippen LogP contribution is -2.34. The standard InChI is InChI=1S/C19H29N5O3S/c1-12(2)15-7-6-8-16(13(3)4)18(15)21-19(26)23-28(20,27)17-9-10-24(22-17)11-14(5)25/h6-10,12-14,25H,11H2,1-5H3,(H3,20,21,23,26,27)/t14-,28?/m0/s1. The Labute approximate surface area is 166 Å². The van der Waals surface area contributed by atoms with E-state index in [1.807, 2.05) is 45.9 Å². The number of aliphatic hydroxyl groups is 1. The van der Waals surface area contributed by atoms with Crippen molar-refractivity contribution in [3.05, 3.63) is 41.6 Å². The Morgan fingerprint density at radius 3 is 2.25 bits per heavy atom. The molecule has 1 aromatic heterocycles. The van der Waals surface area contributed by atoms with Crippen molar-refractivity contribution in [3.8, 4) is 0 Å². The molecule has 9 heteroatoms. The molecule has 0 radical (unpaired) electrons. The summed E-state index contributed by atoms with van der Waals surface area (Å²) < 4.78 is 24.3. The molecule has 1 unspecified atom stereocenters. The molecule has 8 nitrogen and oxygen atoms in total. The Morgan fingerprint density at radius 2 is 1.75 bits per heavy atom. The number of carbonyl (C=O) groups excluding carboxylic acids is 1. The van der Waals surface area contributed by atoms with Gasteiger partial charge in [0.15, 0.2) is 14.9 Å². The summed E-state index contributed by atoms with van der Waals surface area (Å²) in [7, 11) is -3.64. The van der Waals surface area contributed by atoms with Gasteiger partial charge in [0, 0.05) is 11.9 Å². The van der Waals surface area contributed by atoms with Gasteiger partial charge in [0.2, 0.25) is 0 Å². The largest absolute Gasteiger partial charge is 0.391 e. The molecule has 2 atom stereocenters. The second-order valence-corrected chi connectivity index (χ2v) is 9.19. The van der Waals surface area contributed by atoms with E-state index in [0.717, 1.165) is 11.1 Å². The predicted molar refractivity (Wildman–Crippen MR) is 110 cm³/mol. The number of urea groups is 1. The van der Waals surface area contributed by atoms with Crippen molar-refractivity contribution in [2.75, 3.05) is 5.32 Å². The maximum atomic E-state index is 12.7. The summed E-state index contributed by atoms with van der Waals surface area (Å²) in [5, 5.41) is 16.2. The van der Waals surface area contributed by atoms with Gasteiger partial charge in [-0.25, -0.2) is 18.5 Å². The van der Waals surface area contributed by atoms with E-state index in [9.17, 15) is 14.1 Å². The maximum Gasteiger partial charge on any atom is 0.332 e. The summed E-state index contributed by atoms with van der Waals surface area (Å²) in [6.45, 7) is 9.94. The van der Waals surface area contributed by atoms with Gasteiger partial charge in [-0.3, -0.25) is 4.68 Å². The van der Waals surface area contributed by atoms with Crippen molar-refractivity contribution in [2.45, 2.75) is 64.1 Å². The van der Waals surface area contributed by atoms with Gasteiger partial charge in [-0.15, -0.1) is 0 Å². The van der Waals surface area contributed by atoms with Gasteiger partial charge in [-0.1, -0.05) is 45.9 Å². The fourth-order valence-corrected chi connectivity index (χ4v) is 3.78. The van der Waals surface area contributed by atoms with E-state index in [1.54, 1.807) is 6.92 Å². The van der Waals surface area contributed by atoms with Crippen LogP contribution in [0.1, 0.15) is 57.6 Å². The third kappa shape index (κ3) is 5.32. The summed E-state index contributed by atoms with van der Waals surface area (Å²) in [5.41, 5.74) is 2.62. The molecule has 0 spiro atoms. The summed E-state index contributed by atoms with van der Waals surface area (Å²) in [4.78, 5) is 12.5. The van der Waals surface area contributed by atoms with Crippen LogP contribution in [0.15, 0.2) is 35.5 Å². The molecule has 2 rings (SSSR count). The van der Waals surface area contributed by atoms with Crippen LogP contribution in [0.5, 0.6) is 0 Å². The van der Waals surface area contributed by atoms with Gasteiger partial charge in [-0.2, -0.15) is 5.10 Å². The van der Waals surface area contributed by atoms with Crippen molar-refractivity contribution in [2.24, 2.45) is 0 Å². The van der Waals surface area contributed by atoms with E-state index in [0.29, 0.717) is 5.69 Å². The number of para-hydroxylation sites is 1. The lowest BCUT2D eigenvalue weighted by molar-refractivity contribution is 0.168. The molecule has 1 aromatic carbocycles. The van der Waals surface area contributed by atoms with E-state index in [1.165, 1.54) is 16.9 Å². The summed E-state index contributed by atoms with van der Waals surface area (Å²) in [5.74, 6) is 0.371. The van der Waals surface area contributed by atoms with Crippen LogP contribution in [0.25, 0.3) is 0 Å². The number of anilines is 1. The van der Waals surface area contributed by atoms with Gasteiger partial charge in [0.25, 0.3) is 0 Å². The van der Waals surface area contributed by atoms with Crippen LogP contribution in [0.3, 0.4) is 0 Å². The van der Waals surface area contributed by atoms with Crippen molar-refractivity contribution in [3.63, 3.8) is 0 Å². The Balaban J connectivity index is 2.23. The molecule has 0 fully saturated rings. The second kappa shape index (κ2) is 8.74. The van der Waals surface area contributed by atoms with Gasteiger partial charge in [0.05, 0.1) is 12.6 Å². The molecule has 2 aromatic rings. The fraction of sp³-hybridized carbons (Fsp3) is 0.474. The molecule has 1 heterocycles. The minimum atomic E-state index is -3.64. The monoisotopic (exact) mass is 407 g/mol. The number of amides is 2. The highest BCUT2D eigenvalue weighted by Crippen LogP contribution is 2.32. The Morgan fingerprint density at radius 1 is 1.18 bits per heavy atom. The molecular weight excluding hydrogens is 378 g/mol. The number of nitrogens with one attached hydrogen (secondary N) is 3. The first-order valence-electron chi connectivity index (χ1n) is 9.23. The fourth-order valence-electron chi connectivity index (χ4n) is 2.89. The average Bonchev–Trinajstić information content (AvgIpc) is 3.02. The van der Waals surface area contributed by atoms with Crippen LogP contribution in [0.4, 0.5) is 10.5 Å². The highest BCUT2D eigenvalue weighted by molar-refractivity contribution is 7.91. The van der Waals surface area contributed by atoms with Gasteiger partial charge in [-0.05, 0) is 36.0 Å². The number of rotatable bonds is 7. The van der Waals surface area contributed by atoms with Gasteiger partial charge in [0.1, 0.15) is 0 Å². The van der Waals surface area contributed by atoms with Crippen molar-refractivity contribution < 1.29 is 14.1 Å². The van der Waals surface area contributed by atoms with Crippen molar-refractivity contribution in [1.82, 2.24) is 14.5 Å². The van der Waals surface area contributed by atoms with E-state index in [-0.39, 0.29) is 23.4 Å². The first-order valence-corrected chi connectivity index (χ1v) is 10.8. The minimum Gasteiger partial charge on any atom is -0.391 e. The third-order valence-electron chi connectivity index (χ3n) is 4.21. The van der Waals surface area contributed by atoms with E-state index in [4.69, 9.17) is 4.78 Å². The predicted octanol–water partition coefficient (Wildman–Crippen LogP) is 3.65. The zero-order valence-electron chi connectivity index (χ0n) is 16.9. The lowest BCUT2D eigenvalue weighted by Gasteiger charge is -2.20. The SMILES string of the molecule is CC(C)c1cccc(C(C)C)c1NC(=O)NS(=N)(=O)c1ccn(C[C@H](C)O)n1. The Kier molecular flexibility index (Phi) is 6.84. The number of benzene rings is 1. The Hall–Kier alpha value is -2.39. The number of aliphatic hydroxyl groups excluding tert-OH is 1. The molecule has 0 aliphatic heterocycles. The highest BCUT2D eigenvalue weighted by atomic mass is 32.2. The van der Waals surface area contributed by atoms with Crippen LogP contribution in [-0.4, -0.2) is 31.2 Å².